The van der Waals surface area contributed by atoms with Crippen molar-refractivity contribution >= 4 is 17.6 Å². The first-order valence-electron chi connectivity index (χ1n) is 10.0. The van der Waals surface area contributed by atoms with E-state index >= 15 is 0 Å². The number of anilines is 1. The van der Waals surface area contributed by atoms with Crippen LogP contribution in [0.4, 0.5) is 5.82 Å². The highest BCUT2D eigenvalue weighted by Crippen LogP contribution is 2.22. The topological polar surface area (TPSA) is 124 Å². The largest absolute Gasteiger partial charge is 0.382 e. The summed E-state index contributed by atoms with van der Waals surface area (Å²) in [5, 5.41) is 2.95. The lowest BCUT2D eigenvalue weighted by Crippen LogP contribution is -2.23. The Bertz CT molecular complexity index is 1100. The lowest BCUT2D eigenvalue weighted by atomic mass is 9.87. The molecule has 0 radical (unpaired) electrons. The van der Waals surface area contributed by atoms with E-state index in [-0.39, 0.29) is 22.8 Å². The molecule has 1 heterocycles. The van der Waals surface area contributed by atoms with Gasteiger partial charge in [0.2, 0.25) is 0 Å². The summed E-state index contributed by atoms with van der Waals surface area (Å²) >= 11 is 0. The third-order valence-corrected chi connectivity index (χ3v) is 4.93. The molecular formula is C24H27N5O2. The van der Waals surface area contributed by atoms with Crippen molar-refractivity contribution in [1.29, 1.82) is 0 Å². The number of hydrogen-bond donors (Lipinski definition) is 3. The number of benzene rings is 2. The molecule has 0 saturated carbocycles. The molecule has 0 bridgehead atoms. The molecule has 0 spiro atoms. The van der Waals surface area contributed by atoms with E-state index in [1.165, 1.54) is 11.8 Å². The van der Waals surface area contributed by atoms with Gasteiger partial charge in [0, 0.05) is 18.5 Å². The van der Waals surface area contributed by atoms with E-state index in [0.29, 0.717) is 24.2 Å². The van der Waals surface area contributed by atoms with Crippen LogP contribution in [0.5, 0.6) is 0 Å². The van der Waals surface area contributed by atoms with Gasteiger partial charge in [-0.3, -0.25) is 9.59 Å². The van der Waals surface area contributed by atoms with Gasteiger partial charge in [0.25, 0.3) is 11.8 Å². The van der Waals surface area contributed by atoms with E-state index in [1.54, 1.807) is 12.1 Å². The molecule has 0 atom stereocenters. The lowest BCUT2D eigenvalue weighted by molar-refractivity contribution is 0.0949. The van der Waals surface area contributed by atoms with Crippen LogP contribution in [0, 0.1) is 0 Å². The molecule has 2 aromatic carbocycles. The molecule has 160 valence electrons. The lowest BCUT2D eigenvalue weighted by Gasteiger charge is -2.19. The SMILES string of the molecule is CC(C)(C)c1ccc(CNC(=O)c2cccc(Cc3cnc(N)c(C(N)=O)n3)c2)cc1. The highest BCUT2D eigenvalue weighted by atomic mass is 16.2. The third kappa shape index (κ3) is 5.66. The summed E-state index contributed by atoms with van der Waals surface area (Å²) in [6.45, 7) is 6.95. The quantitative estimate of drug-likeness (QED) is 0.569. The maximum absolute atomic E-state index is 12.6. The number of carbonyl (C=O) groups excluding carboxylic acids is 2. The second-order valence-corrected chi connectivity index (χ2v) is 8.47. The van der Waals surface area contributed by atoms with Crippen molar-refractivity contribution in [3.8, 4) is 0 Å². The van der Waals surface area contributed by atoms with E-state index in [9.17, 15) is 9.59 Å². The molecule has 5 N–H and O–H groups in total. The predicted octanol–water partition coefficient (Wildman–Crippen LogP) is 2.98. The molecule has 3 rings (SSSR count). The van der Waals surface area contributed by atoms with Gasteiger partial charge in [0.1, 0.15) is 0 Å². The number of amides is 2. The molecule has 3 aromatic rings. The Morgan fingerprint density at radius 3 is 2.39 bits per heavy atom. The van der Waals surface area contributed by atoms with Crippen LogP contribution in [0.3, 0.4) is 0 Å². The van der Waals surface area contributed by atoms with Crippen molar-refractivity contribution in [2.45, 2.75) is 39.2 Å². The Morgan fingerprint density at radius 1 is 1.03 bits per heavy atom. The second kappa shape index (κ2) is 8.95. The summed E-state index contributed by atoms with van der Waals surface area (Å²) in [6, 6.07) is 15.5. The second-order valence-electron chi connectivity index (χ2n) is 8.47. The third-order valence-electron chi connectivity index (χ3n) is 4.93. The Hall–Kier alpha value is -3.74. The smallest absolute Gasteiger partial charge is 0.271 e. The van der Waals surface area contributed by atoms with Crippen LogP contribution in [0.25, 0.3) is 0 Å². The Labute approximate surface area is 181 Å². The number of carbonyl (C=O) groups is 2. The average molecular weight is 418 g/mol. The van der Waals surface area contributed by atoms with Crippen molar-refractivity contribution in [2.24, 2.45) is 5.73 Å². The van der Waals surface area contributed by atoms with Crippen molar-refractivity contribution in [2.75, 3.05) is 5.73 Å². The summed E-state index contributed by atoms with van der Waals surface area (Å²) in [7, 11) is 0. The Morgan fingerprint density at radius 2 is 1.74 bits per heavy atom. The fourth-order valence-corrected chi connectivity index (χ4v) is 3.14. The highest BCUT2D eigenvalue weighted by molar-refractivity contribution is 5.95. The molecule has 0 aliphatic carbocycles. The summed E-state index contributed by atoms with van der Waals surface area (Å²) < 4.78 is 0. The summed E-state index contributed by atoms with van der Waals surface area (Å²) in [5.74, 6) is -0.890. The number of hydrogen-bond acceptors (Lipinski definition) is 5. The zero-order valence-electron chi connectivity index (χ0n) is 18.0. The van der Waals surface area contributed by atoms with Crippen LogP contribution < -0.4 is 16.8 Å². The van der Waals surface area contributed by atoms with Gasteiger partial charge in [0.15, 0.2) is 11.5 Å². The van der Waals surface area contributed by atoms with Gasteiger partial charge in [-0.25, -0.2) is 9.97 Å². The van der Waals surface area contributed by atoms with Crippen molar-refractivity contribution in [3.05, 3.63) is 88.4 Å². The summed E-state index contributed by atoms with van der Waals surface area (Å²) in [4.78, 5) is 32.2. The molecule has 1 aromatic heterocycles. The average Bonchev–Trinajstić information content (AvgIpc) is 2.73. The normalized spacial score (nSPS) is 11.2. The molecule has 31 heavy (non-hydrogen) atoms. The van der Waals surface area contributed by atoms with Gasteiger partial charge in [-0.2, -0.15) is 0 Å². The standard InChI is InChI=1S/C24H27N5O2/c1-24(2,3)18-9-7-15(8-10-18)13-28-23(31)17-6-4-5-16(11-17)12-19-14-27-21(25)20(29-19)22(26)30/h4-11,14H,12-13H2,1-3H3,(H2,25,27)(H2,26,30)(H,28,31). The number of nitrogens with zero attached hydrogens (tertiary/aromatic N) is 2. The fourth-order valence-electron chi connectivity index (χ4n) is 3.14. The van der Waals surface area contributed by atoms with Gasteiger partial charge in [-0.05, 0) is 34.2 Å². The van der Waals surface area contributed by atoms with E-state index in [0.717, 1.165) is 11.1 Å². The van der Waals surface area contributed by atoms with Crippen LogP contribution >= 0.6 is 0 Å². The van der Waals surface area contributed by atoms with Crippen LogP contribution in [0.2, 0.25) is 0 Å². The van der Waals surface area contributed by atoms with Crippen molar-refractivity contribution in [3.63, 3.8) is 0 Å². The predicted molar refractivity (Wildman–Crippen MR) is 121 cm³/mol. The zero-order valence-corrected chi connectivity index (χ0v) is 18.0. The molecule has 7 heteroatoms. The van der Waals surface area contributed by atoms with Gasteiger partial charge in [-0.1, -0.05) is 57.2 Å². The maximum Gasteiger partial charge on any atom is 0.271 e. The van der Waals surface area contributed by atoms with E-state index in [2.05, 4.69) is 48.2 Å². The minimum Gasteiger partial charge on any atom is -0.382 e. The first kappa shape index (κ1) is 22.0. The minimum atomic E-state index is -0.726. The number of aromatic nitrogens is 2. The Balaban J connectivity index is 1.66. The van der Waals surface area contributed by atoms with Crippen LogP contribution in [0.1, 0.15) is 64.0 Å². The van der Waals surface area contributed by atoms with E-state index in [4.69, 9.17) is 11.5 Å². The number of rotatable bonds is 6. The fraction of sp³-hybridized carbons (Fsp3) is 0.250. The molecule has 7 nitrogen and oxygen atoms in total. The van der Waals surface area contributed by atoms with Gasteiger partial charge in [0.05, 0.1) is 11.9 Å². The van der Waals surface area contributed by atoms with Crippen molar-refractivity contribution < 1.29 is 9.59 Å². The van der Waals surface area contributed by atoms with Gasteiger partial charge in [-0.15, -0.1) is 0 Å². The highest BCUT2D eigenvalue weighted by Gasteiger charge is 2.14. The number of primary amides is 1. The maximum atomic E-state index is 12.6. The van der Waals surface area contributed by atoms with E-state index < -0.39 is 5.91 Å². The monoisotopic (exact) mass is 417 g/mol. The van der Waals surface area contributed by atoms with Crippen LogP contribution in [-0.2, 0) is 18.4 Å². The molecule has 0 aliphatic rings. The van der Waals surface area contributed by atoms with Gasteiger partial charge >= 0.3 is 0 Å². The number of nitrogens with two attached hydrogens (primary N) is 2. The first-order chi connectivity index (χ1) is 14.6. The van der Waals surface area contributed by atoms with Crippen molar-refractivity contribution in [1.82, 2.24) is 15.3 Å². The number of nitrogen functional groups attached to an aromatic ring is 1. The zero-order chi connectivity index (χ0) is 22.6. The molecule has 0 aliphatic heterocycles. The number of nitrogens with one attached hydrogen (secondary N) is 1. The first-order valence-corrected chi connectivity index (χ1v) is 10.0. The minimum absolute atomic E-state index is 0.0000822. The molecule has 0 unspecified atom stereocenters. The molecule has 0 fully saturated rings. The molecule has 2 amide bonds. The summed E-state index contributed by atoms with van der Waals surface area (Å²) in [5.41, 5.74) is 15.2. The molecular weight excluding hydrogens is 390 g/mol. The Kier molecular flexibility index (Phi) is 6.34. The molecule has 0 saturated heterocycles. The van der Waals surface area contributed by atoms with Gasteiger partial charge < -0.3 is 16.8 Å². The van der Waals surface area contributed by atoms with E-state index in [1.807, 2.05) is 24.3 Å². The van der Waals surface area contributed by atoms with Crippen LogP contribution in [-0.4, -0.2) is 21.8 Å². The summed E-state index contributed by atoms with van der Waals surface area (Å²) in [6.07, 6.45) is 1.89. The van der Waals surface area contributed by atoms with Crippen LogP contribution in [0.15, 0.2) is 54.7 Å².